The van der Waals surface area contributed by atoms with Crippen LogP contribution in [0.25, 0.3) is 0 Å². The van der Waals surface area contributed by atoms with E-state index in [-0.39, 0.29) is 0 Å². The SMILES string of the molecule is COc1ccc(CN2CCNC(c3ccccc3)C2)cn1. The van der Waals surface area contributed by atoms with Crippen molar-refractivity contribution in [2.24, 2.45) is 0 Å². The minimum atomic E-state index is 0.408. The zero-order valence-corrected chi connectivity index (χ0v) is 12.3. The van der Waals surface area contributed by atoms with E-state index in [2.05, 4.69) is 51.6 Å². The molecule has 21 heavy (non-hydrogen) atoms. The number of piperazine rings is 1. The van der Waals surface area contributed by atoms with Crippen LogP contribution in [-0.4, -0.2) is 36.6 Å². The summed E-state index contributed by atoms with van der Waals surface area (Å²) in [6, 6.07) is 15.1. The van der Waals surface area contributed by atoms with Crippen LogP contribution in [-0.2, 0) is 6.54 Å². The number of rotatable bonds is 4. The Hall–Kier alpha value is -1.91. The normalized spacial score (nSPS) is 19.4. The minimum absolute atomic E-state index is 0.408. The number of benzene rings is 1. The van der Waals surface area contributed by atoms with Crippen LogP contribution < -0.4 is 10.1 Å². The lowest BCUT2D eigenvalue weighted by molar-refractivity contribution is 0.193. The van der Waals surface area contributed by atoms with Gasteiger partial charge in [0.25, 0.3) is 0 Å². The van der Waals surface area contributed by atoms with Gasteiger partial charge in [0.2, 0.25) is 5.88 Å². The summed E-state index contributed by atoms with van der Waals surface area (Å²) >= 11 is 0. The molecule has 2 heterocycles. The van der Waals surface area contributed by atoms with E-state index in [0.717, 1.165) is 26.2 Å². The van der Waals surface area contributed by atoms with Crippen molar-refractivity contribution in [3.63, 3.8) is 0 Å². The van der Waals surface area contributed by atoms with Gasteiger partial charge in [-0.15, -0.1) is 0 Å². The van der Waals surface area contributed by atoms with Gasteiger partial charge in [-0.3, -0.25) is 4.90 Å². The Morgan fingerprint density at radius 1 is 1.24 bits per heavy atom. The first-order valence-corrected chi connectivity index (χ1v) is 7.35. The van der Waals surface area contributed by atoms with E-state index in [1.165, 1.54) is 11.1 Å². The molecule has 0 amide bonds. The summed E-state index contributed by atoms with van der Waals surface area (Å²) < 4.78 is 5.10. The predicted octanol–water partition coefficient (Wildman–Crippen LogP) is 2.24. The second-order valence-electron chi connectivity index (χ2n) is 5.36. The van der Waals surface area contributed by atoms with Gasteiger partial charge in [0.1, 0.15) is 0 Å². The summed E-state index contributed by atoms with van der Waals surface area (Å²) in [6.07, 6.45) is 1.90. The van der Waals surface area contributed by atoms with E-state index in [1.54, 1.807) is 7.11 Å². The lowest BCUT2D eigenvalue weighted by atomic mass is 10.0. The second-order valence-corrected chi connectivity index (χ2v) is 5.36. The van der Waals surface area contributed by atoms with Gasteiger partial charge in [-0.25, -0.2) is 4.98 Å². The molecule has 1 N–H and O–H groups in total. The van der Waals surface area contributed by atoms with Gasteiger partial charge in [0.15, 0.2) is 0 Å². The Bertz CT molecular complexity index is 556. The van der Waals surface area contributed by atoms with Crippen LogP contribution in [0.1, 0.15) is 17.2 Å². The molecule has 1 unspecified atom stereocenters. The van der Waals surface area contributed by atoms with E-state index < -0.39 is 0 Å². The first-order valence-electron chi connectivity index (χ1n) is 7.35. The van der Waals surface area contributed by atoms with Crippen molar-refractivity contribution in [2.75, 3.05) is 26.7 Å². The molecule has 0 spiro atoms. The molecule has 0 aliphatic carbocycles. The molecule has 1 aromatic carbocycles. The third kappa shape index (κ3) is 3.60. The summed E-state index contributed by atoms with van der Waals surface area (Å²) in [5.41, 5.74) is 2.58. The van der Waals surface area contributed by atoms with Crippen molar-refractivity contribution in [1.82, 2.24) is 15.2 Å². The van der Waals surface area contributed by atoms with Crippen LogP contribution in [0.3, 0.4) is 0 Å². The minimum Gasteiger partial charge on any atom is -0.481 e. The van der Waals surface area contributed by atoms with Crippen molar-refractivity contribution in [2.45, 2.75) is 12.6 Å². The van der Waals surface area contributed by atoms with Crippen LogP contribution >= 0.6 is 0 Å². The monoisotopic (exact) mass is 283 g/mol. The fourth-order valence-corrected chi connectivity index (χ4v) is 2.75. The Morgan fingerprint density at radius 3 is 2.81 bits per heavy atom. The molecule has 1 atom stereocenters. The summed E-state index contributed by atoms with van der Waals surface area (Å²) in [5, 5.41) is 3.59. The Labute approximate surface area is 125 Å². The maximum atomic E-state index is 5.10. The number of pyridine rings is 1. The standard InChI is InChI=1S/C17H21N3O/c1-21-17-8-7-14(11-19-17)12-20-10-9-18-16(13-20)15-5-3-2-4-6-15/h2-8,11,16,18H,9-10,12-13H2,1H3. The molecular formula is C17H21N3O. The third-order valence-corrected chi connectivity index (χ3v) is 3.87. The average molecular weight is 283 g/mol. The number of nitrogens with zero attached hydrogens (tertiary/aromatic N) is 2. The Morgan fingerprint density at radius 2 is 2.10 bits per heavy atom. The zero-order valence-electron chi connectivity index (χ0n) is 12.3. The smallest absolute Gasteiger partial charge is 0.212 e. The molecule has 1 aromatic heterocycles. The molecule has 110 valence electrons. The van der Waals surface area contributed by atoms with Gasteiger partial charge in [-0.2, -0.15) is 0 Å². The lowest BCUT2D eigenvalue weighted by Crippen LogP contribution is -2.45. The average Bonchev–Trinajstić information content (AvgIpc) is 2.57. The van der Waals surface area contributed by atoms with Gasteiger partial charge >= 0.3 is 0 Å². The predicted molar refractivity (Wildman–Crippen MR) is 83.3 cm³/mol. The largest absolute Gasteiger partial charge is 0.481 e. The fourth-order valence-electron chi connectivity index (χ4n) is 2.75. The molecule has 0 bridgehead atoms. The van der Waals surface area contributed by atoms with Crippen LogP contribution in [0.2, 0.25) is 0 Å². The Balaban J connectivity index is 1.63. The van der Waals surface area contributed by atoms with Gasteiger partial charge in [0.05, 0.1) is 7.11 Å². The highest BCUT2D eigenvalue weighted by atomic mass is 16.5. The number of hydrogen-bond acceptors (Lipinski definition) is 4. The quantitative estimate of drug-likeness (QED) is 0.934. The summed E-state index contributed by atoms with van der Waals surface area (Å²) in [5.74, 6) is 0.668. The van der Waals surface area contributed by atoms with Crippen LogP contribution in [0.5, 0.6) is 5.88 Å². The maximum Gasteiger partial charge on any atom is 0.212 e. The molecule has 1 aliphatic heterocycles. The van der Waals surface area contributed by atoms with E-state index in [4.69, 9.17) is 4.74 Å². The van der Waals surface area contributed by atoms with Crippen molar-refractivity contribution < 1.29 is 4.74 Å². The topological polar surface area (TPSA) is 37.4 Å². The van der Waals surface area contributed by atoms with E-state index in [9.17, 15) is 0 Å². The highest BCUT2D eigenvalue weighted by Crippen LogP contribution is 2.18. The van der Waals surface area contributed by atoms with Crippen LogP contribution in [0.4, 0.5) is 0 Å². The lowest BCUT2D eigenvalue weighted by Gasteiger charge is -2.34. The summed E-state index contributed by atoms with van der Waals surface area (Å²) in [6.45, 7) is 4.04. The van der Waals surface area contributed by atoms with Crippen LogP contribution in [0.15, 0.2) is 48.7 Å². The highest BCUT2D eigenvalue weighted by Gasteiger charge is 2.20. The Kier molecular flexibility index (Phi) is 4.48. The molecule has 1 fully saturated rings. The molecule has 1 aliphatic rings. The first-order chi connectivity index (χ1) is 10.3. The third-order valence-electron chi connectivity index (χ3n) is 3.87. The van der Waals surface area contributed by atoms with Gasteiger partial charge in [0, 0.05) is 44.5 Å². The summed E-state index contributed by atoms with van der Waals surface area (Å²) in [7, 11) is 1.64. The molecule has 0 saturated carbocycles. The van der Waals surface area contributed by atoms with Crippen molar-refractivity contribution >= 4 is 0 Å². The summed E-state index contributed by atoms with van der Waals surface area (Å²) in [4.78, 5) is 6.75. The number of nitrogens with one attached hydrogen (secondary N) is 1. The zero-order chi connectivity index (χ0) is 14.5. The fraction of sp³-hybridized carbons (Fsp3) is 0.353. The molecule has 3 rings (SSSR count). The molecule has 0 radical (unpaired) electrons. The molecule has 1 saturated heterocycles. The van der Waals surface area contributed by atoms with Crippen molar-refractivity contribution in [3.8, 4) is 5.88 Å². The maximum absolute atomic E-state index is 5.10. The highest BCUT2D eigenvalue weighted by molar-refractivity contribution is 5.21. The molecular weight excluding hydrogens is 262 g/mol. The van der Waals surface area contributed by atoms with Gasteiger partial charge in [-0.05, 0) is 11.1 Å². The van der Waals surface area contributed by atoms with E-state index in [0.29, 0.717) is 11.9 Å². The first kappa shape index (κ1) is 14.0. The van der Waals surface area contributed by atoms with Crippen molar-refractivity contribution in [1.29, 1.82) is 0 Å². The number of aromatic nitrogens is 1. The molecule has 2 aromatic rings. The van der Waals surface area contributed by atoms with Gasteiger partial charge in [-0.1, -0.05) is 36.4 Å². The molecule has 4 nitrogen and oxygen atoms in total. The van der Waals surface area contributed by atoms with Gasteiger partial charge < -0.3 is 10.1 Å². The molecule has 4 heteroatoms. The number of hydrogen-bond donors (Lipinski definition) is 1. The van der Waals surface area contributed by atoms with E-state index >= 15 is 0 Å². The van der Waals surface area contributed by atoms with E-state index in [1.807, 2.05) is 12.3 Å². The second kappa shape index (κ2) is 6.70. The number of methoxy groups -OCH3 is 1. The van der Waals surface area contributed by atoms with Crippen molar-refractivity contribution in [3.05, 3.63) is 59.8 Å². The number of ether oxygens (including phenoxy) is 1. The van der Waals surface area contributed by atoms with Crippen LogP contribution in [0, 0.1) is 0 Å².